The summed E-state index contributed by atoms with van der Waals surface area (Å²) in [6.07, 6.45) is -0.720. The van der Waals surface area contributed by atoms with Crippen molar-refractivity contribution in [1.82, 2.24) is 4.90 Å². The van der Waals surface area contributed by atoms with Crippen molar-refractivity contribution in [2.24, 2.45) is 0 Å². The van der Waals surface area contributed by atoms with Crippen molar-refractivity contribution in [1.29, 1.82) is 0 Å². The van der Waals surface area contributed by atoms with Crippen molar-refractivity contribution in [3.63, 3.8) is 0 Å². The van der Waals surface area contributed by atoms with E-state index in [4.69, 9.17) is 19.3 Å². The van der Waals surface area contributed by atoms with Gasteiger partial charge in [-0.1, -0.05) is 0 Å². The molecule has 2 atom stereocenters. The molecule has 2 unspecified atom stereocenters. The Hall–Kier alpha value is -1.18. The summed E-state index contributed by atoms with van der Waals surface area (Å²) in [4.78, 5) is 24.6. The minimum atomic E-state index is -0.941. The van der Waals surface area contributed by atoms with Crippen LogP contribution >= 0.6 is 0 Å². The van der Waals surface area contributed by atoms with Gasteiger partial charge in [0.25, 0.3) is 5.91 Å². The molecule has 0 saturated carbocycles. The second-order valence-electron chi connectivity index (χ2n) is 4.57. The smallest absolute Gasteiger partial charge is 0.305 e. The molecule has 0 radical (unpaired) electrons. The van der Waals surface area contributed by atoms with E-state index in [0.717, 1.165) is 0 Å². The molecule has 7 heteroatoms. The standard InChI is InChI=1S/C13H23NO6/c1-3-18-6-7-20-10(2)13(17)14-4-5-19-9-11(14)8-12(15)16/h10-11H,3-9H2,1-2H3,(H,15,16). The van der Waals surface area contributed by atoms with E-state index in [1.807, 2.05) is 6.92 Å². The zero-order chi connectivity index (χ0) is 15.0. The highest BCUT2D eigenvalue weighted by molar-refractivity contribution is 5.81. The first kappa shape index (κ1) is 16.9. The van der Waals surface area contributed by atoms with Crippen molar-refractivity contribution in [2.75, 3.05) is 39.6 Å². The first-order valence-electron chi connectivity index (χ1n) is 6.85. The number of carboxylic acids is 1. The van der Waals surface area contributed by atoms with E-state index >= 15 is 0 Å². The fourth-order valence-corrected chi connectivity index (χ4v) is 2.05. The minimum absolute atomic E-state index is 0.114. The predicted octanol–water partition coefficient (Wildman–Crippen LogP) is 0.130. The average Bonchev–Trinajstić information content (AvgIpc) is 2.42. The van der Waals surface area contributed by atoms with Crippen LogP contribution in [0.5, 0.6) is 0 Å². The molecule has 1 N–H and O–H groups in total. The Morgan fingerprint density at radius 1 is 1.45 bits per heavy atom. The van der Waals surface area contributed by atoms with E-state index in [1.165, 1.54) is 0 Å². The number of rotatable bonds is 8. The third-order valence-electron chi connectivity index (χ3n) is 3.07. The average molecular weight is 289 g/mol. The Kier molecular flexibility index (Phi) is 7.50. The van der Waals surface area contributed by atoms with Crippen molar-refractivity contribution >= 4 is 11.9 Å². The number of nitrogens with zero attached hydrogens (tertiary/aromatic N) is 1. The number of morpholine rings is 1. The largest absolute Gasteiger partial charge is 0.481 e. The fraction of sp³-hybridized carbons (Fsp3) is 0.846. The molecule has 0 aromatic rings. The maximum Gasteiger partial charge on any atom is 0.305 e. The summed E-state index contributed by atoms with van der Waals surface area (Å²) in [5.41, 5.74) is 0. The molecule has 1 saturated heterocycles. The molecule has 0 spiro atoms. The van der Waals surface area contributed by atoms with E-state index in [9.17, 15) is 9.59 Å². The second kappa shape index (κ2) is 8.89. The Morgan fingerprint density at radius 2 is 2.20 bits per heavy atom. The number of ether oxygens (including phenoxy) is 3. The number of amides is 1. The number of hydrogen-bond acceptors (Lipinski definition) is 5. The van der Waals surface area contributed by atoms with Crippen molar-refractivity contribution < 1.29 is 28.9 Å². The summed E-state index contributed by atoms with van der Waals surface area (Å²) in [5.74, 6) is -1.14. The third kappa shape index (κ3) is 5.44. The maximum absolute atomic E-state index is 12.3. The SMILES string of the molecule is CCOCCOC(C)C(=O)N1CCOCC1CC(=O)O. The Morgan fingerprint density at radius 3 is 2.85 bits per heavy atom. The zero-order valence-electron chi connectivity index (χ0n) is 12.0. The number of carbonyl (C=O) groups is 2. The van der Waals surface area contributed by atoms with Crippen LogP contribution in [0, 0.1) is 0 Å². The molecule has 0 aliphatic carbocycles. The van der Waals surface area contributed by atoms with Gasteiger partial charge in [-0.05, 0) is 13.8 Å². The van der Waals surface area contributed by atoms with Gasteiger partial charge in [0.05, 0.1) is 38.9 Å². The lowest BCUT2D eigenvalue weighted by atomic mass is 10.1. The van der Waals surface area contributed by atoms with Crippen molar-refractivity contribution in [3.05, 3.63) is 0 Å². The van der Waals surface area contributed by atoms with Gasteiger partial charge in [0.2, 0.25) is 0 Å². The van der Waals surface area contributed by atoms with Crippen LogP contribution in [-0.2, 0) is 23.8 Å². The highest BCUT2D eigenvalue weighted by atomic mass is 16.5. The van der Waals surface area contributed by atoms with Gasteiger partial charge in [-0.15, -0.1) is 0 Å². The summed E-state index contributed by atoms with van der Waals surface area (Å²) >= 11 is 0. The predicted molar refractivity (Wildman–Crippen MR) is 70.5 cm³/mol. The summed E-state index contributed by atoms with van der Waals surface area (Å²) < 4.78 is 15.8. The summed E-state index contributed by atoms with van der Waals surface area (Å²) in [6, 6.07) is -0.424. The molecule has 0 aromatic carbocycles. The lowest BCUT2D eigenvalue weighted by molar-refractivity contribution is -0.155. The van der Waals surface area contributed by atoms with E-state index in [-0.39, 0.29) is 18.9 Å². The van der Waals surface area contributed by atoms with Gasteiger partial charge in [0.1, 0.15) is 6.10 Å². The normalized spacial score (nSPS) is 20.7. The molecule has 1 fully saturated rings. The van der Waals surface area contributed by atoms with Crippen molar-refractivity contribution in [3.8, 4) is 0 Å². The topological polar surface area (TPSA) is 85.3 Å². The lowest BCUT2D eigenvalue weighted by Gasteiger charge is -2.36. The Labute approximate surface area is 118 Å². The third-order valence-corrected chi connectivity index (χ3v) is 3.07. The lowest BCUT2D eigenvalue weighted by Crippen LogP contribution is -2.52. The Bertz CT molecular complexity index is 322. The van der Waals surface area contributed by atoms with Crippen LogP contribution in [0.2, 0.25) is 0 Å². The highest BCUT2D eigenvalue weighted by Crippen LogP contribution is 2.13. The van der Waals surface area contributed by atoms with Crippen LogP contribution in [-0.4, -0.2) is 73.6 Å². The first-order valence-corrected chi connectivity index (χ1v) is 6.85. The molecule has 1 amide bonds. The van der Waals surface area contributed by atoms with Crippen LogP contribution < -0.4 is 0 Å². The van der Waals surface area contributed by atoms with Crippen LogP contribution in [0.3, 0.4) is 0 Å². The number of carboxylic acid groups (broad SMARTS) is 1. The molecule has 20 heavy (non-hydrogen) atoms. The van der Waals surface area contributed by atoms with Crippen LogP contribution in [0.4, 0.5) is 0 Å². The first-order chi connectivity index (χ1) is 9.56. The highest BCUT2D eigenvalue weighted by Gasteiger charge is 2.31. The van der Waals surface area contributed by atoms with Crippen LogP contribution in [0.1, 0.15) is 20.3 Å². The van der Waals surface area contributed by atoms with Crippen molar-refractivity contribution in [2.45, 2.75) is 32.4 Å². The van der Waals surface area contributed by atoms with Gasteiger partial charge in [-0.3, -0.25) is 9.59 Å². The Balaban J connectivity index is 2.47. The van der Waals surface area contributed by atoms with E-state index in [0.29, 0.717) is 33.0 Å². The van der Waals surface area contributed by atoms with E-state index < -0.39 is 18.1 Å². The monoisotopic (exact) mass is 289 g/mol. The number of aliphatic carboxylic acids is 1. The molecule has 0 aromatic heterocycles. The molecule has 1 heterocycles. The summed E-state index contributed by atoms with van der Waals surface area (Å²) in [7, 11) is 0. The molecule has 116 valence electrons. The van der Waals surface area contributed by atoms with Gasteiger partial charge in [0.15, 0.2) is 0 Å². The number of hydrogen-bond donors (Lipinski definition) is 1. The van der Waals surface area contributed by atoms with Gasteiger partial charge >= 0.3 is 5.97 Å². The molecular formula is C13H23NO6. The zero-order valence-corrected chi connectivity index (χ0v) is 12.0. The molecule has 1 aliphatic heterocycles. The van der Waals surface area contributed by atoms with Gasteiger partial charge in [0, 0.05) is 13.2 Å². The fourth-order valence-electron chi connectivity index (χ4n) is 2.05. The second-order valence-corrected chi connectivity index (χ2v) is 4.57. The number of carbonyl (C=O) groups excluding carboxylic acids is 1. The minimum Gasteiger partial charge on any atom is -0.481 e. The molecule has 7 nitrogen and oxygen atoms in total. The van der Waals surface area contributed by atoms with Gasteiger partial charge < -0.3 is 24.2 Å². The molecule has 1 rings (SSSR count). The van der Waals surface area contributed by atoms with Crippen LogP contribution in [0.15, 0.2) is 0 Å². The maximum atomic E-state index is 12.3. The quantitative estimate of drug-likeness (QED) is 0.639. The van der Waals surface area contributed by atoms with Gasteiger partial charge in [-0.25, -0.2) is 0 Å². The molecule has 1 aliphatic rings. The van der Waals surface area contributed by atoms with E-state index in [1.54, 1.807) is 11.8 Å². The van der Waals surface area contributed by atoms with Crippen LogP contribution in [0.25, 0.3) is 0 Å². The summed E-state index contributed by atoms with van der Waals surface area (Å²) in [5, 5.41) is 8.86. The molecule has 0 bridgehead atoms. The van der Waals surface area contributed by atoms with E-state index in [2.05, 4.69) is 0 Å². The summed E-state index contributed by atoms with van der Waals surface area (Å²) in [6.45, 7) is 6.02. The molecular weight excluding hydrogens is 266 g/mol. The van der Waals surface area contributed by atoms with Gasteiger partial charge in [-0.2, -0.15) is 0 Å².